The summed E-state index contributed by atoms with van der Waals surface area (Å²) in [6.45, 7) is 1.87. The summed E-state index contributed by atoms with van der Waals surface area (Å²) in [5.74, 6) is -0.904. The van der Waals surface area contributed by atoms with E-state index in [1.807, 2.05) is 6.92 Å². The topological polar surface area (TPSA) is 63.1 Å². The number of rotatable bonds is 2. The number of thiophene rings is 1. The second kappa shape index (κ2) is 3.78. The molecule has 76 valence electrons. The molecule has 0 bridgehead atoms. The fourth-order valence-corrected chi connectivity index (χ4v) is 2.23. The zero-order valence-corrected chi connectivity index (χ0v) is 8.78. The zero-order valence-electron chi connectivity index (χ0n) is 7.97. The van der Waals surface area contributed by atoms with Gasteiger partial charge < -0.3 is 5.11 Å². The molecule has 4 nitrogen and oxygen atoms in total. The maximum Gasteiger partial charge on any atom is 0.345 e. The molecule has 1 N–H and O–H groups in total. The van der Waals surface area contributed by atoms with Gasteiger partial charge in [-0.3, -0.25) is 9.97 Å². The number of carboxylic acid groups (broad SMARTS) is 1. The molecule has 5 heteroatoms. The first kappa shape index (κ1) is 9.79. The quantitative estimate of drug-likeness (QED) is 0.842. The van der Waals surface area contributed by atoms with E-state index in [4.69, 9.17) is 5.11 Å². The van der Waals surface area contributed by atoms with Gasteiger partial charge in [-0.05, 0) is 18.6 Å². The molecule has 0 spiro atoms. The van der Waals surface area contributed by atoms with Crippen molar-refractivity contribution in [1.82, 2.24) is 9.97 Å². The van der Waals surface area contributed by atoms with Gasteiger partial charge in [0.2, 0.25) is 0 Å². The average molecular weight is 220 g/mol. The number of aromatic nitrogens is 2. The lowest BCUT2D eigenvalue weighted by Gasteiger charge is -1.95. The Bertz CT molecular complexity index is 493. The Morgan fingerprint density at radius 1 is 1.47 bits per heavy atom. The van der Waals surface area contributed by atoms with E-state index < -0.39 is 5.97 Å². The minimum absolute atomic E-state index is 0.327. The third-order valence-electron chi connectivity index (χ3n) is 1.92. The molecule has 15 heavy (non-hydrogen) atoms. The van der Waals surface area contributed by atoms with Crippen LogP contribution in [0.2, 0.25) is 0 Å². The van der Waals surface area contributed by atoms with Crippen LogP contribution in [0.4, 0.5) is 0 Å². The molecule has 0 fully saturated rings. The van der Waals surface area contributed by atoms with Gasteiger partial charge in [-0.2, -0.15) is 0 Å². The van der Waals surface area contributed by atoms with Crippen LogP contribution >= 0.6 is 11.3 Å². The highest BCUT2D eigenvalue weighted by Gasteiger charge is 2.12. The largest absolute Gasteiger partial charge is 0.477 e. The van der Waals surface area contributed by atoms with Crippen molar-refractivity contribution in [2.24, 2.45) is 0 Å². The molecular formula is C10H8N2O2S. The van der Waals surface area contributed by atoms with Gasteiger partial charge >= 0.3 is 5.97 Å². The van der Waals surface area contributed by atoms with E-state index in [1.165, 1.54) is 11.3 Å². The Morgan fingerprint density at radius 2 is 2.27 bits per heavy atom. The summed E-state index contributed by atoms with van der Waals surface area (Å²) in [5.41, 5.74) is 1.63. The summed E-state index contributed by atoms with van der Waals surface area (Å²) >= 11 is 1.22. The molecule has 2 heterocycles. The summed E-state index contributed by atoms with van der Waals surface area (Å²) in [7, 11) is 0. The van der Waals surface area contributed by atoms with Gasteiger partial charge in [0.1, 0.15) is 4.88 Å². The fourth-order valence-electron chi connectivity index (χ4n) is 1.26. The van der Waals surface area contributed by atoms with Gasteiger partial charge in [-0.15, -0.1) is 11.3 Å². The Labute approximate surface area is 90.3 Å². The summed E-state index contributed by atoms with van der Waals surface area (Å²) in [6.07, 6.45) is 4.81. The van der Waals surface area contributed by atoms with Crippen LogP contribution in [0.15, 0.2) is 24.7 Å². The highest BCUT2D eigenvalue weighted by molar-refractivity contribution is 7.17. The Kier molecular flexibility index (Phi) is 2.47. The van der Waals surface area contributed by atoms with Gasteiger partial charge in [0.25, 0.3) is 0 Å². The molecule has 2 aromatic rings. The smallest absolute Gasteiger partial charge is 0.345 e. The predicted molar refractivity (Wildman–Crippen MR) is 57.0 cm³/mol. The highest BCUT2D eigenvalue weighted by Crippen LogP contribution is 2.30. The maximum atomic E-state index is 10.8. The lowest BCUT2D eigenvalue weighted by Crippen LogP contribution is -1.89. The number of hydrogen-bond acceptors (Lipinski definition) is 4. The van der Waals surface area contributed by atoms with Gasteiger partial charge in [0.05, 0.1) is 16.8 Å². The maximum absolute atomic E-state index is 10.8. The average Bonchev–Trinajstić information content (AvgIpc) is 2.62. The molecule has 0 radical (unpaired) electrons. The number of nitrogens with zero attached hydrogens (tertiary/aromatic N) is 2. The van der Waals surface area contributed by atoms with Crippen LogP contribution < -0.4 is 0 Å². The van der Waals surface area contributed by atoms with Crippen molar-refractivity contribution in [2.45, 2.75) is 6.92 Å². The molecule has 0 aliphatic carbocycles. The van der Waals surface area contributed by atoms with Crippen molar-refractivity contribution in [3.05, 3.63) is 35.1 Å². The number of aryl methyl sites for hydroxylation is 1. The van der Waals surface area contributed by atoms with E-state index in [1.54, 1.807) is 24.7 Å². The summed E-state index contributed by atoms with van der Waals surface area (Å²) in [6, 6.07) is 1.65. The van der Waals surface area contributed by atoms with Crippen molar-refractivity contribution >= 4 is 17.3 Å². The number of carbonyl (C=O) groups is 1. The van der Waals surface area contributed by atoms with Crippen LogP contribution in [0, 0.1) is 6.92 Å². The second-order valence-electron chi connectivity index (χ2n) is 3.02. The number of aromatic carboxylic acids is 1. The molecule has 0 saturated carbocycles. The Morgan fingerprint density at radius 3 is 2.80 bits per heavy atom. The van der Waals surface area contributed by atoms with E-state index in [2.05, 4.69) is 9.97 Å². The fraction of sp³-hybridized carbons (Fsp3) is 0.100. The predicted octanol–water partition coefficient (Wildman–Crippen LogP) is 2.21. The molecule has 0 unspecified atom stereocenters. The summed E-state index contributed by atoms with van der Waals surface area (Å²) < 4.78 is 0. The lowest BCUT2D eigenvalue weighted by atomic mass is 10.2. The van der Waals surface area contributed by atoms with Crippen molar-refractivity contribution in [2.75, 3.05) is 0 Å². The normalized spacial score (nSPS) is 10.2. The van der Waals surface area contributed by atoms with Crippen LogP contribution in [0.25, 0.3) is 10.6 Å². The summed E-state index contributed by atoms with van der Waals surface area (Å²) in [5, 5.41) is 8.84. The van der Waals surface area contributed by atoms with E-state index in [0.29, 0.717) is 10.6 Å². The van der Waals surface area contributed by atoms with Crippen molar-refractivity contribution in [1.29, 1.82) is 0 Å². The second-order valence-corrected chi connectivity index (χ2v) is 4.07. The van der Waals surface area contributed by atoms with Crippen LogP contribution in [-0.2, 0) is 0 Å². The third-order valence-corrected chi connectivity index (χ3v) is 3.17. The molecule has 2 aromatic heterocycles. The molecule has 2 rings (SSSR count). The monoisotopic (exact) mass is 220 g/mol. The van der Waals surface area contributed by atoms with E-state index in [-0.39, 0.29) is 0 Å². The Balaban J connectivity index is 2.50. The van der Waals surface area contributed by atoms with Gasteiger partial charge in [-0.25, -0.2) is 4.79 Å². The number of carboxylic acids is 1. The van der Waals surface area contributed by atoms with E-state index in [0.717, 1.165) is 10.4 Å². The first-order valence-electron chi connectivity index (χ1n) is 4.28. The van der Waals surface area contributed by atoms with Crippen molar-refractivity contribution in [3.8, 4) is 10.6 Å². The van der Waals surface area contributed by atoms with E-state index >= 15 is 0 Å². The molecule has 0 aliphatic heterocycles. The van der Waals surface area contributed by atoms with Gasteiger partial charge in [0.15, 0.2) is 0 Å². The molecule has 0 saturated heterocycles. The standard InChI is InChI=1S/C10H8N2O2S/c1-6-4-8(10(13)14)15-9(6)7-5-11-2-3-12-7/h2-5H,1H3,(H,13,14). The molecular weight excluding hydrogens is 212 g/mol. The molecule has 0 amide bonds. The SMILES string of the molecule is Cc1cc(C(=O)O)sc1-c1cnccn1. The minimum atomic E-state index is -0.904. The van der Waals surface area contributed by atoms with Crippen LogP contribution in [-0.4, -0.2) is 21.0 Å². The van der Waals surface area contributed by atoms with E-state index in [9.17, 15) is 4.79 Å². The molecule has 0 aromatic carbocycles. The van der Waals surface area contributed by atoms with Gasteiger partial charge in [0, 0.05) is 12.4 Å². The minimum Gasteiger partial charge on any atom is -0.477 e. The number of hydrogen-bond donors (Lipinski definition) is 1. The third kappa shape index (κ3) is 1.87. The van der Waals surface area contributed by atoms with Crippen LogP contribution in [0.3, 0.4) is 0 Å². The van der Waals surface area contributed by atoms with Crippen LogP contribution in [0.5, 0.6) is 0 Å². The summed E-state index contributed by atoms with van der Waals surface area (Å²) in [4.78, 5) is 20.1. The highest BCUT2D eigenvalue weighted by atomic mass is 32.1. The van der Waals surface area contributed by atoms with Gasteiger partial charge in [-0.1, -0.05) is 0 Å². The first-order chi connectivity index (χ1) is 7.18. The molecule has 0 aliphatic rings. The molecule has 0 atom stereocenters. The van der Waals surface area contributed by atoms with Crippen LogP contribution in [0.1, 0.15) is 15.2 Å². The zero-order chi connectivity index (χ0) is 10.8. The lowest BCUT2D eigenvalue weighted by molar-refractivity contribution is 0.0702. The Hall–Kier alpha value is -1.75. The van der Waals surface area contributed by atoms with Crippen molar-refractivity contribution < 1.29 is 9.90 Å². The first-order valence-corrected chi connectivity index (χ1v) is 5.10. The van der Waals surface area contributed by atoms with Crippen molar-refractivity contribution in [3.63, 3.8) is 0 Å².